The van der Waals surface area contributed by atoms with Crippen LogP contribution in [0.1, 0.15) is 13.3 Å². The summed E-state index contributed by atoms with van der Waals surface area (Å²) < 4.78 is 0. The van der Waals surface area contributed by atoms with Crippen molar-refractivity contribution < 1.29 is 4.79 Å². The molecule has 0 aliphatic carbocycles. The van der Waals surface area contributed by atoms with Gasteiger partial charge in [0.15, 0.2) is 0 Å². The van der Waals surface area contributed by atoms with Crippen LogP contribution in [-0.2, 0) is 4.79 Å². The van der Waals surface area contributed by atoms with Gasteiger partial charge in [-0.3, -0.25) is 10.1 Å². The van der Waals surface area contributed by atoms with E-state index in [-0.39, 0.29) is 6.17 Å². The van der Waals surface area contributed by atoms with Crippen molar-refractivity contribution in [1.29, 1.82) is 0 Å². The van der Waals surface area contributed by atoms with Gasteiger partial charge in [-0.25, -0.2) is 0 Å². The first kappa shape index (κ1) is 6.55. The molecular formula is C6H12N2O. The Kier molecular flexibility index (Phi) is 2.05. The molecule has 2 atom stereocenters. The molecule has 1 saturated heterocycles. The SMILES string of the molecule is C[C@@H]1CN[C@@H](NC=O)C1. The number of amides is 1. The number of carbonyl (C=O) groups excluding carboxylic acids is 1. The summed E-state index contributed by atoms with van der Waals surface area (Å²) in [6, 6.07) is 0. The minimum absolute atomic E-state index is 0.220. The highest BCUT2D eigenvalue weighted by Gasteiger charge is 2.18. The van der Waals surface area contributed by atoms with Crippen molar-refractivity contribution in [3.8, 4) is 0 Å². The predicted octanol–water partition coefficient (Wildman–Crippen LogP) is -0.312. The lowest BCUT2D eigenvalue weighted by atomic mass is 10.1. The third kappa shape index (κ3) is 1.68. The van der Waals surface area contributed by atoms with E-state index in [2.05, 4.69) is 17.6 Å². The predicted molar refractivity (Wildman–Crippen MR) is 34.8 cm³/mol. The first-order chi connectivity index (χ1) is 4.33. The summed E-state index contributed by atoms with van der Waals surface area (Å²) in [6.07, 6.45) is 2.02. The average Bonchev–Trinajstić information content (AvgIpc) is 2.17. The van der Waals surface area contributed by atoms with E-state index in [1.54, 1.807) is 0 Å². The van der Waals surface area contributed by atoms with Crippen molar-refractivity contribution in [1.82, 2.24) is 10.6 Å². The van der Waals surface area contributed by atoms with Crippen LogP contribution in [0.3, 0.4) is 0 Å². The zero-order valence-electron chi connectivity index (χ0n) is 5.55. The minimum Gasteiger partial charge on any atom is -0.343 e. The van der Waals surface area contributed by atoms with Crippen LogP contribution < -0.4 is 10.6 Å². The van der Waals surface area contributed by atoms with Crippen molar-refractivity contribution in [3.05, 3.63) is 0 Å². The van der Waals surface area contributed by atoms with Gasteiger partial charge in [-0.15, -0.1) is 0 Å². The van der Waals surface area contributed by atoms with Crippen LogP contribution in [0.4, 0.5) is 0 Å². The molecule has 2 N–H and O–H groups in total. The lowest BCUT2D eigenvalue weighted by Gasteiger charge is -2.05. The molecule has 1 aliphatic heterocycles. The summed E-state index contributed by atoms with van der Waals surface area (Å²) in [5.74, 6) is 0.697. The molecule has 0 unspecified atom stereocenters. The van der Waals surface area contributed by atoms with Crippen LogP contribution in [0, 0.1) is 5.92 Å². The van der Waals surface area contributed by atoms with Crippen molar-refractivity contribution in [2.24, 2.45) is 5.92 Å². The second kappa shape index (κ2) is 2.82. The fourth-order valence-corrected chi connectivity index (χ4v) is 1.12. The fraction of sp³-hybridized carbons (Fsp3) is 0.833. The van der Waals surface area contributed by atoms with Gasteiger partial charge < -0.3 is 5.32 Å². The maximum Gasteiger partial charge on any atom is 0.208 e. The summed E-state index contributed by atoms with van der Waals surface area (Å²) in [5, 5.41) is 5.85. The maximum absolute atomic E-state index is 9.92. The third-order valence-electron chi connectivity index (χ3n) is 1.62. The molecular weight excluding hydrogens is 116 g/mol. The van der Waals surface area contributed by atoms with Gasteiger partial charge in [-0.2, -0.15) is 0 Å². The second-order valence-electron chi connectivity index (χ2n) is 2.59. The third-order valence-corrected chi connectivity index (χ3v) is 1.62. The molecule has 3 nitrogen and oxygen atoms in total. The van der Waals surface area contributed by atoms with Gasteiger partial charge in [-0.1, -0.05) is 6.92 Å². The van der Waals surface area contributed by atoms with Gasteiger partial charge in [0, 0.05) is 0 Å². The molecule has 9 heavy (non-hydrogen) atoms. The standard InChI is InChI=1S/C6H12N2O/c1-5-2-6(7-3-5)8-4-9/h4-7H,2-3H2,1H3,(H,8,9)/t5-,6-/m0/s1. The van der Waals surface area contributed by atoms with Crippen LogP contribution in [-0.4, -0.2) is 19.1 Å². The number of rotatable bonds is 2. The van der Waals surface area contributed by atoms with Crippen molar-refractivity contribution >= 4 is 6.41 Å². The molecule has 0 aromatic carbocycles. The molecule has 1 rings (SSSR count). The summed E-state index contributed by atoms with van der Waals surface area (Å²) in [7, 11) is 0. The van der Waals surface area contributed by atoms with E-state index in [0.29, 0.717) is 5.92 Å². The lowest BCUT2D eigenvalue weighted by Crippen LogP contribution is -2.35. The topological polar surface area (TPSA) is 41.1 Å². The van der Waals surface area contributed by atoms with E-state index in [1.807, 2.05) is 0 Å². The zero-order valence-corrected chi connectivity index (χ0v) is 5.55. The zero-order chi connectivity index (χ0) is 6.69. The molecule has 0 bridgehead atoms. The van der Waals surface area contributed by atoms with Crippen LogP contribution in [0.25, 0.3) is 0 Å². The summed E-state index contributed by atoms with van der Waals surface area (Å²) in [5.41, 5.74) is 0. The highest BCUT2D eigenvalue weighted by atomic mass is 16.1. The Morgan fingerprint density at radius 1 is 1.78 bits per heavy atom. The highest BCUT2D eigenvalue weighted by Crippen LogP contribution is 2.09. The molecule has 1 heterocycles. The largest absolute Gasteiger partial charge is 0.343 e. The first-order valence-electron chi connectivity index (χ1n) is 3.26. The molecule has 0 saturated carbocycles. The van der Waals surface area contributed by atoms with Crippen molar-refractivity contribution in [2.75, 3.05) is 6.54 Å². The van der Waals surface area contributed by atoms with Crippen LogP contribution >= 0.6 is 0 Å². The molecule has 1 aliphatic rings. The normalized spacial score (nSPS) is 34.3. The molecule has 3 heteroatoms. The molecule has 1 amide bonds. The molecule has 52 valence electrons. The van der Waals surface area contributed by atoms with Crippen LogP contribution in [0.2, 0.25) is 0 Å². The average molecular weight is 128 g/mol. The Bertz CT molecular complexity index is 105. The van der Waals surface area contributed by atoms with E-state index in [4.69, 9.17) is 0 Å². The van der Waals surface area contributed by atoms with Crippen LogP contribution in [0.5, 0.6) is 0 Å². The smallest absolute Gasteiger partial charge is 0.208 e. The molecule has 0 spiro atoms. The molecule has 0 radical (unpaired) electrons. The van der Waals surface area contributed by atoms with Gasteiger partial charge in [0.1, 0.15) is 0 Å². The maximum atomic E-state index is 9.92. The first-order valence-corrected chi connectivity index (χ1v) is 3.26. The highest BCUT2D eigenvalue weighted by molar-refractivity contribution is 5.46. The van der Waals surface area contributed by atoms with E-state index in [0.717, 1.165) is 19.4 Å². The molecule has 0 aromatic rings. The number of carbonyl (C=O) groups is 1. The number of hydrogen-bond donors (Lipinski definition) is 2. The molecule has 1 fully saturated rings. The quantitative estimate of drug-likeness (QED) is 0.501. The van der Waals surface area contributed by atoms with E-state index in [9.17, 15) is 4.79 Å². The lowest BCUT2D eigenvalue weighted by molar-refractivity contribution is -0.110. The van der Waals surface area contributed by atoms with Crippen molar-refractivity contribution in [3.63, 3.8) is 0 Å². The van der Waals surface area contributed by atoms with E-state index >= 15 is 0 Å². The Morgan fingerprint density at radius 3 is 3.00 bits per heavy atom. The van der Waals surface area contributed by atoms with Gasteiger partial charge in [0.25, 0.3) is 0 Å². The Hall–Kier alpha value is -0.570. The number of nitrogens with one attached hydrogen (secondary N) is 2. The van der Waals surface area contributed by atoms with Gasteiger partial charge in [0.2, 0.25) is 6.41 Å². The Balaban J connectivity index is 2.21. The van der Waals surface area contributed by atoms with E-state index in [1.165, 1.54) is 0 Å². The summed E-state index contributed by atoms with van der Waals surface area (Å²) in [4.78, 5) is 9.92. The summed E-state index contributed by atoms with van der Waals surface area (Å²) in [6.45, 7) is 3.19. The minimum atomic E-state index is 0.220. The van der Waals surface area contributed by atoms with Crippen LogP contribution in [0.15, 0.2) is 0 Å². The van der Waals surface area contributed by atoms with Crippen molar-refractivity contribution in [2.45, 2.75) is 19.5 Å². The number of hydrogen-bond acceptors (Lipinski definition) is 2. The molecule has 0 aromatic heterocycles. The van der Waals surface area contributed by atoms with Gasteiger partial charge in [-0.05, 0) is 18.9 Å². The Labute approximate surface area is 54.8 Å². The monoisotopic (exact) mass is 128 g/mol. The summed E-state index contributed by atoms with van der Waals surface area (Å²) >= 11 is 0. The second-order valence-corrected chi connectivity index (χ2v) is 2.59. The van der Waals surface area contributed by atoms with E-state index < -0.39 is 0 Å². The Morgan fingerprint density at radius 2 is 2.56 bits per heavy atom. The fourth-order valence-electron chi connectivity index (χ4n) is 1.12. The van der Waals surface area contributed by atoms with Gasteiger partial charge >= 0.3 is 0 Å². The van der Waals surface area contributed by atoms with Gasteiger partial charge in [0.05, 0.1) is 6.17 Å².